The number of hydrogen-bond acceptors (Lipinski definition) is 3. The van der Waals surface area contributed by atoms with Crippen LogP contribution in [-0.4, -0.2) is 25.3 Å². The summed E-state index contributed by atoms with van der Waals surface area (Å²) in [7, 11) is 0. The second-order valence-corrected chi connectivity index (χ2v) is 5.09. The fourth-order valence-corrected chi connectivity index (χ4v) is 2.46. The van der Waals surface area contributed by atoms with E-state index in [1.54, 1.807) is 0 Å². The van der Waals surface area contributed by atoms with Gasteiger partial charge in [0.25, 0.3) is 0 Å². The number of hydrogen-bond donors (Lipinski definition) is 0. The van der Waals surface area contributed by atoms with Crippen molar-refractivity contribution in [3.05, 3.63) is 48.0 Å². The first kappa shape index (κ1) is 13.3. The van der Waals surface area contributed by atoms with E-state index < -0.39 is 0 Å². The Morgan fingerprint density at radius 2 is 2.00 bits per heavy atom. The minimum atomic E-state index is -0.215. The summed E-state index contributed by atoms with van der Waals surface area (Å²) >= 11 is 0. The maximum Gasteiger partial charge on any atom is 0.188 e. The smallest absolute Gasteiger partial charge is 0.188 e. The van der Waals surface area contributed by atoms with Crippen LogP contribution in [0.5, 0.6) is 0 Å². The maximum absolute atomic E-state index is 12.2. The summed E-state index contributed by atoms with van der Waals surface area (Å²) in [5, 5.41) is 2.22. The predicted molar refractivity (Wildman–Crippen MR) is 77.8 cm³/mol. The molecule has 3 nitrogen and oxygen atoms in total. The summed E-state index contributed by atoms with van der Waals surface area (Å²) in [6, 6.07) is 13.8. The van der Waals surface area contributed by atoms with Gasteiger partial charge in [0.2, 0.25) is 0 Å². The predicted octanol–water partition coefficient (Wildman–Crippen LogP) is 3.57. The summed E-state index contributed by atoms with van der Waals surface area (Å²) in [6.45, 7) is 0.817. The van der Waals surface area contributed by atoms with Crippen molar-refractivity contribution in [1.29, 1.82) is 0 Å². The van der Waals surface area contributed by atoms with Gasteiger partial charge in [-0.15, -0.1) is 0 Å². The van der Waals surface area contributed by atoms with E-state index in [0.29, 0.717) is 5.56 Å². The topological polar surface area (TPSA) is 35.5 Å². The Labute approximate surface area is 118 Å². The van der Waals surface area contributed by atoms with Crippen molar-refractivity contribution < 1.29 is 14.3 Å². The first-order valence-corrected chi connectivity index (χ1v) is 7.08. The zero-order valence-corrected chi connectivity index (χ0v) is 11.4. The molecule has 1 fully saturated rings. The van der Waals surface area contributed by atoms with Gasteiger partial charge >= 0.3 is 0 Å². The molecule has 0 radical (unpaired) electrons. The Balaban J connectivity index is 1.65. The Bertz CT molecular complexity index is 600. The van der Waals surface area contributed by atoms with Crippen molar-refractivity contribution >= 4 is 16.6 Å². The van der Waals surface area contributed by atoms with Gasteiger partial charge in [0, 0.05) is 12.2 Å². The highest BCUT2D eigenvalue weighted by Crippen LogP contribution is 2.17. The van der Waals surface area contributed by atoms with Crippen molar-refractivity contribution in [2.75, 3.05) is 13.2 Å². The van der Waals surface area contributed by atoms with Crippen LogP contribution < -0.4 is 0 Å². The van der Waals surface area contributed by atoms with E-state index in [-0.39, 0.29) is 18.7 Å². The molecule has 0 spiro atoms. The number of ether oxygens (including phenoxy) is 2. The third-order valence-electron chi connectivity index (χ3n) is 3.61. The van der Waals surface area contributed by atoms with Gasteiger partial charge in [0.1, 0.15) is 6.61 Å². The van der Waals surface area contributed by atoms with E-state index in [1.807, 2.05) is 42.5 Å². The summed E-state index contributed by atoms with van der Waals surface area (Å²) in [5.74, 6) is 0.00456. The molecule has 104 valence electrons. The van der Waals surface area contributed by atoms with Crippen LogP contribution in [0.4, 0.5) is 0 Å². The molecule has 1 aliphatic heterocycles. The Hall–Kier alpha value is -1.71. The molecular weight excluding hydrogens is 252 g/mol. The zero-order chi connectivity index (χ0) is 13.8. The van der Waals surface area contributed by atoms with E-state index in [2.05, 4.69) is 0 Å². The molecule has 1 saturated heterocycles. The quantitative estimate of drug-likeness (QED) is 0.797. The lowest BCUT2D eigenvalue weighted by atomic mass is 10.0. The van der Waals surface area contributed by atoms with Crippen LogP contribution in [0.1, 0.15) is 29.6 Å². The van der Waals surface area contributed by atoms with Crippen molar-refractivity contribution in [1.82, 2.24) is 0 Å². The summed E-state index contributed by atoms with van der Waals surface area (Å²) in [5.41, 5.74) is 0.694. The van der Waals surface area contributed by atoms with Gasteiger partial charge in [-0.25, -0.2) is 0 Å². The fraction of sp³-hybridized carbons (Fsp3) is 0.353. The van der Waals surface area contributed by atoms with E-state index >= 15 is 0 Å². The molecule has 0 saturated carbocycles. The Morgan fingerprint density at radius 1 is 1.15 bits per heavy atom. The third kappa shape index (κ3) is 3.06. The molecule has 2 aromatic carbocycles. The molecule has 3 heteroatoms. The minimum absolute atomic E-state index is 0.00456. The largest absolute Gasteiger partial charge is 0.353 e. The Morgan fingerprint density at radius 3 is 2.80 bits per heavy atom. The van der Waals surface area contributed by atoms with Crippen LogP contribution in [0.25, 0.3) is 10.8 Å². The number of Topliss-reactive ketones (excluding diaryl/α,β-unsaturated/α-hetero) is 1. The number of ketones is 1. The highest BCUT2D eigenvalue weighted by molar-refractivity contribution is 6.00. The van der Waals surface area contributed by atoms with Gasteiger partial charge in [0.15, 0.2) is 12.1 Å². The molecule has 2 aromatic rings. The second-order valence-electron chi connectivity index (χ2n) is 5.09. The molecule has 0 amide bonds. The number of fused-ring (bicyclic) bond motifs is 1. The molecule has 0 aromatic heterocycles. The van der Waals surface area contributed by atoms with Gasteiger partial charge in [-0.1, -0.05) is 36.4 Å². The maximum atomic E-state index is 12.2. The lowest BCUT2D eigenvalue weighted by molar-refractivity contribution is -0.155. The third-order valence-corrected chi connectivity index (χ3v) is 3.61. The summed E-state index contributed by atoms with van der Waals surface area (Å²) in [4.78, 5) is 12.2. The number of rotatable bonds is 4. The molecule has 0 bridgehead atoms. The van der Waals surface area contributed by atoms with E-state index in [0.717, 1.165) is 36.6 Å². The SMILES string of the molecule is O=C(COC1CCCCO1)c1ccc2ccccc2c1. The van der Waals surface area contributed by atoms with Gasteiger partial charge in [-0.2, -0.15) is 0 Å². The van der Waals surface area contributed by atoms with E-state index in [1.165, 1.54) is 0 Å². The molecule has 1 aliphatic rings. The van der Waals surface area contributed by atoms with Crippen molar-refractivity contribution in [3.8, 4) is 0 Å². The van der Waals surface area contributed by atoms with Gasteiger partial charge in [0.05, 0.1) is 0 Å². The summed E-state index contributed by atoms with van der Waals surface area (Å²) < 4.78 is 11.0. The van der Waals surface area contributed by atoms with Crippen LogP contribution >= 0.6 is 0 Å². The monoisotopic (exact) mass is 270 g/mol. The second kappa shape index (κ2) is 6.16. The molecule has 20 heavy (non-hydrogen) atoms. The highest BCUT2D eigenvalue weighted by Gasteiger charge is 2.16. The number of carbonyl (C=O) groups excluding carboxylic acids is 1. The van der Waals surface area contributed by atoms with E-state index in [9.17, 15) is 4.79 Å². The zero-order valence-electron chi connectivity index (χ0n) is 11.4. The standard InChI is InChI=1S/C17H18O3/c18-16(12-20-17-7-3-4-10-19-17)15-9-8-13-5-1-2-6-14(13)11-15/h1-2,5-6,8-9,11,17H,3-4,7,10,12H2. The van der Waals surface area contributed by atoms with E-state index in [4.69, 9.17) is 9.47 Å². The molecule has 1 unspecified atom stereocenters. The van der Waals surface area contributed by atoms with Crippen LogP contribution in [0.15, 0.2) is 42.5 Å². The first-order chi connectivity index (χ1) is 9.83. The lowest BCUT2D eigenvalue weighted by Crippen LogP contribution is -2.25. The Kier molecular flexibility index (Phi) is 4.09. The normalized spacial score (nSPS) is 19.1. The molecular formula is C17H18O3. The summed E-state index contributed by atoms with van der Waals surface area (Å²) in [6.07, 6.45) is 2.85. The van der Waals surface area contributed by atoms with Crippen molar-refractivity contribution in [3.63, 3.8) is 0 Å². The highest BCUT2D eigenvalue weighted by atomic mass is 16.7. The molecule has 0 N–H and O–H groups in total. The molecule has 1 atom stereocenters. The van der Waals surface area contributed by atoms with Crippen molar-refractivity contribution in [2.24, 2.45) is 0 Å². The van der Waals surface area contributed by atoms with Crippen LogP contribution in [0.3, 0.4) is 0 Å². The van der Waals surface area contributed by atoms with Gasteiger partial charge in [-0.05, 0) is 36.1 Å². The molecule has 1 heterocycles. The number of carbonyl (C=O) groups is 1. The first-order valence-electron chi connectivity index (χ1n) is 7.08. The van der Waals surface area contributed by atoms with Gasteiger partial charge < -0.3 is 9.47 Å². The minimum Gasteiger partial charge on any atom is -0.353 e. The molecule has 0 aliphatic carbocycles. The fourth-order valence-electron chi connectivity index (χ4n) is 2.46. The lowest BCUT2D eigenvalue weighted by Gasteiger charge is -2.22. The average Bonchev–Trinajstić information content (AvgIpc) is 2.53. The average molecular weight is 270 g/mol. The van der Waals surface area contributed by atoms with Crippen molar-refractivity contribution in [2.45, 2.75) is 25.6 Å². The van der Waals surface area contributed by atoms with Gasteiger partial charge in [-0.3, -0.25) is 4.79 Å². The van der Waals surface area contributed by atoms with Crippen LogP contribution in [0, 0.1) is 0 Å². The van der Waals surface area contributed by atoms with Crippen LogP contribution in [0.2, 0.25) is 0 Å². The molecule has 3 rings (SSSR count). The van der Waals surface area contributed by atoms with Crippen LogP contribution in [-0.2, 0) is 9.47 Å². The number of benzene rings is 2.